The number of carbonyl (C=O) groups is 1. The zero-order chi connectivity index (χ0) is 15.7. The molecule has 2 aromatic rings. The maximum absolute atomic E-state index is 12.5. The van der Waals surface area contributed by atoms with Crippen LogP contribution in [0.15, 0.2) is 41.8 Å². The Balaban J connectivity index is 1.63. The number of ether oxygens (including phenoxy) is 2. The SMILES string of the molecule is O=C(N[C@H]1CC2(CCOCC2)Oc2ccccc21)c1cccs1. The van der Waals surface area contributed by atoms with Gasteiger partial charge in [0.15, 0.2) is 0 Å². The van der Waals surface area contributed by atoms with E-state index in [4.69, 9.17) is 9.47 Å². The van der Waals surface area contributed by atoms with Crippen molar-refractivity contribution < 1.29 is 14.3 Å². The molecule has 0 unspecified atom stereocenters. The van der Waals surface area contributed by atoms with E-state index in [-0.39, 0.29) is 17.6 Å². The van der Waals surface area contributed by atoms with Gasteiger partial charge in [-0.15, -0.1) is 11.3 Å². The molecule has 1 spiro atoms. The Morgan fingerprint density at radius 2 is 2.00 bits per heavy atom. The van der Waals surface area contributed by atoms with Gasteiger partial charge in [0.2, 0.25) is 0 Å². The molecule has 0 aliphatic carbocycles. The molecule has 4 rings (SSSR count). The number of hydrogen-bond acceptors (Lipinski definition) is 4. The van der Waals surface area contributed by atoms with Gasteiger partial charge in [0, 0.05) is 24.8 Å². The van der Waals surface area contributed by atoms with Gasteiger partial charge in [0.25, 0.3) is 5.91 Å². The fraction of sp³-hybridized carbons (Fsp3) is 0.389. The average molecular weight is 329 g/mol. The molecule has 1 N–H and O–H groups in total. The molecule has 0 radical (unpaired) electrons. The van der Waals surface area contributed by atoms with Gasteiger partial charge in [-0.2, -0.15) is 0 Å². The molecular weight excluding hydrogens is 310 g/mol. The van der Waals surface area contributed by atoms with E-state index >= 15 is 0 Å². The summed E-state index contributed by atoms with van der Waals surface area (Å²) < 4.78 is 11.8. The van der Waals surface area contributed by atoms with E-state index in [0.29, 0.717) is 13.2 Å². The molecule has 1 amide bonds. The Morgan fingerprint density at radius 1 is 1.17 bits per heavy atom. The van der Waals surface area contributed by atoms with Crippen LogP contribution >= 0.6 is 11.3 Å². The number of thiophene rings is 1. The minimum absolute atomic E-state index is 0.0103. The average Bonchev–Trinajstić information content (AvgIpc) is 3.10. The van der Waals surface area contributed by atoms with Crippen molar-refractivity contribution in [2.75, 3.05) is 13.2 Å². The van der Waals surface area contributed by atoms with Crippen LogP contribution < -0.4 is 10.1 Å². The second-order valence-corrected chi connectivity index (χ2v) is 7.09. The van der Waals surface area contributed by atoms with Crippen molar-refractivity contribution >= 4 is 17.2 Å². The van der Waals surface area contributed by atoms with Crippen molar-refractivity contribution in [1.82, 2.24) is 5.32 Å². The Morgan fingerprint density at radius 3 is 2.78 bits per heavy atom. The predicted molar refractivity (Wildman–Crippen MR) is 89.0 cm³/mol. The van der Waals surface area contributed by atoms with Crippen LogP contribution in [0.3, 0.4) is 0 Å². The van der Waals surface area contributed by atoms with Gasteiger partial charge in [0.05, 0.1) is 24.1 Å². The van der Waals surface area contributed by atoms with Crippen LogP contribution in [0, 0.1) is 0 Å². The van der Waals surface area contributed by atoms with Crippen LogP contribution in [0.1, 0.15) is 40.5 Å². The standard InChI is InChI=1S/C18H19NO3S/c20-17(16-6-3-11-23-16)19-14-12-18(7-9-21-10-8-18)22-15-5-2-1-4-13(14)15/h1-6,11,14H,7-10,12H2,(H,19,20)/t14-/m0/s1. The summed E-state index contributed by atoms with van der Waals surface area (Å²) in [6.45, 7) is 1.43. The molecule has 1 saturated heterocycles. The molecule has 4 nitrogen and oxygen atoms in total. The molecule has 1 aromatic carbocycles. The Bertz CT molecular complexity index is 692. The van der Waals surface area contributed by atoms with Gasteiger partial charge in [-0.05, 0) is 17.5 Å². The van der Waals surface area contributed by atoms with Gasteiger partial charge >= 0.3 is 0 Å². The number of para-hydroxylation sites is 1. The lowest BCUT2D eigenvalue weighted by Gasteiger charge is -2.44. The number of amides is 1. The third kappa shape index (κ3) is 2.86. The van der Waals surface area contributed by atoms with Gasteiger partial charge in [0.1, 0.15) is 11.4 Å². The summed E-state index contributed by atoms with van der Waals surface area (Å²) in [4.78, 5) is 13.2. The monoisotopic (exact) mass is 329 g/mol. The Hall–Kier alpha value is -1.85. The van der Waals surface area contributed by atoms with Crippen LogP contribution in [0.4, 0.5) is 0 Å². The molecule has 23 heavy (non-hydrogen) atoms. The van der Waals surface area contributed by atoms with Gasteiger partial charge in [-0.3, -0.25) is 4.79 Å². The number of carbonyl (C=O) groups excluding carboxylic acids is 1. The molecule has 0 bridgehead atoms. The molecule has 1 atom stereocenters. The molecule has 2 aliphatic rings. The quantitative estimate of drug-likeness (QED) is 0.916. The van der Waals surface area contributed by atoms with E-state index in [0.717, 1.165) is 35.5 Å². The molecule has 3 heterocycles. The van der Waals surface area contributed by atoms with E-state index in [1.54, 1.807) is 0 Å². The molecule has 1 fully saturated rings. The highest BCUT2D eigenvalue weighted by Crippen LogP contribution is 2.43. The van der Waals surface area contributed by atoms with Crippen molar-refractivity contribution in [3.63, 3.8) is 0 Å². The lowest BCUT2D eigenvalue weighted by molar-refractivity contribution is -0.0639. The molecule has 2 aliphatic heterocycles. The first-order chi connectivity index (χ1) is 11.3. The van der Waals surface area contributed by atoms with E-state index in [1.165, 1.54) is 11.3 Å². The van der Waals surface area contributed by atoms with Gasteiger partial charge in [-0.1, -0.05) is 24.3 Å². The second kappa shape index (κ2) is 5.98. The normalized spacial score (nSPS) is 22.2. The topological polar surface area (TPSA) is 47.6 Å². The summed E-state index contributed by atoms with van der Waals surface area (Å²) in [6.07, 6.45) is 2.53. The zero-order valence-electron chi connectivity index (χ0n) is 12.8. The smallest absolute Gasteiger partial charge is 0.261 e. The summed E-state index contributed by atoms with van der Waals surface area (Å²) in [7, 11) is 0. The first-order valence-electron chi connectivity index (χ1n) is 7.96. The second-order valence-electron chi connectivity index (χ2n) is 6.14. The van der Waals surface area contributed by atoms with Crippen molar-refractivity contribution in [1.29, 1.82) is 0 Å². The van der Waals surface area contributed by atoms with Crippen molar-refractivity contribution in [3.8, 4) is 5.75 Å². The molecular formula is C18H19NO3S. The van der Waals surface area contributed by atoms with Gasteiger partial charge in [-0.25, -0.2) is 0 Å². The van der Waals surface area contributed by atoms with E-state index in [2.05, 4.69) is 5.32 Å². The highest BCUT2D eigenvalue weighted by atomic mass is 32.1. The number of fused-ring (bicyclic) bond motifs is 1. The van der Waals surface area contributed by atoms with E-state index < -0.39 is 0 Å². The van der Waals surface area contributed by atoms with Gasteiger partial charge < -0.3 is 14.8 Å². The summed E-state index contributed by atoms with van der Waals surface area (Å²) in [5, 5.41) is 5.12. The Labute approximate surface area is 139 Å². The molecule has 1 aromatic heterocycles. The zero-order valence-corrected chi connectivity index (χ0v) is 13.6. The highest BCUT2D eigenvalue weighted by Gasteiger charge is 2.42. The fourth-order valence-corrected chi connectivity index (χ4v) is 4.06. The summed E-state index contributed by atoms with van der Waals surface area (Å²) in [5.74, 6) is 0.876. The number of rotatable bonds is 2. The minimum Gasteiger partial charge on any atom is -0.487 e. The number of benzene rings is 1. The molecule has 0 saturated carbocycles. The van der Waals surface area contributed by atoms with Crippen molar-refractivity contribution in [2.24, 2.45) is 0 Å². The molecule has 5 heteroatoms. The summed E-state index contributed by atoms with van der Waals surface area (Å²) >= 11 is 1.46. The first-order valence-corrected chi connectivity index (χ1v) is 8.84. The van der Waals surface area contributed by atoms with E-state index in [1.807, 2.05) is 41.8 Å². The Kier molecular flexibility index (Phi) is 3.83. The lowest BCUT2D eigenvalue weighted by Crippen LogP contribution is -2.48. The fourth-order valence-electron chi connectivity index (χ4n) is 3.43. The van der Waals surface area contributed by atoms with E-state index in [9.17, 15) is 4.79 Å². The van der Waals surface area contributed by atoms with Crippen LogP contribution in [-0.2, 0) is 4.74 Å². The highest BCUT2D eigenvalue weighted by molar-refractivity contribution is 7.12. The first kappa shape index (κ1) is 14.7. The largest absolute Gasteiger partial charge is 0.487 e. The third-order valence-electron chi connectivity index (χ3n) is 4.65. The minimum atomic E-state index is -0.222. The van der Waals surface area contributed by atoms with Crippen molar-refractivity contribution in [3.05, 3.63) is 52.2 Å². The molecule has 120 valence electrons. The van der Waals surface area contributed by atoms with Crippen molar-refractivity contribution in [2.45, 2.75) is 30.9 Å². The van der Waals surface area contributed by atoms with Crippen LogP contribution in [0.2, 0.25) is 0 Å². The third-order valence-corrected chi connectivity index (χ3v) is 5.52. The maximum atomic E-state index is 12.5. The van der Waals surface area contributed by atoms with Crippen LogP contribution in [-0.4, -0.2) is 24.7 Å². The summed E-state index contributed by atoms with van der Waals surface area (Å²) in [5.41, 5.74) is 0.842. The maximum Gasteiger partial charge on any atom is 0.261 e. The number of nitrogens with one attached hydrogen (secondary N) is 1. The lowest BCUT2D eigenvalue weighted by atomic mass is 9.82. The summed E-state index contributed by atoms with van der Waals surface area (Å²) in [6, 6.07) is 11.8. The predicted octanol–water partition coefficient (Wildman–Crippen LogP) is 3.55. The van der Waals surface area contributed by atoms with Crippen LogP contribution in [0.5, 0.6) is 5.75 Å². The number of hydrogen-bond donors (Lipinski definition) is 1. The van der Waals surface area contributed by atoms with Crippen LogP contribution in [0.25, 0.3) is 0 Å².